The van der Waals surface area contributed by atoms with Crippen LogP contribution < -0.4 is 10.5 Å². The van der Waals surface area contributed by atoms with Crippen molar-refractivity contribution in [3.05, 3.63) is 80.1 Å². The Morgan fingerprint density at radius 2 is 1.84 bits per heavy atom. The Morgan fingerprint density at radius 1 is 1.05 bits per heavy atom. The average molecular weight is 533 g/mol. The highest BCUT2D eigenvalue weighted by Gasteiger charge is 2.33. The van der Waals surface area contributed by atoms with Gasteiger partial charge in [-0.2, -0.15) is 0 Å². The number of aryl methyl sites for hydroxylation is 1. The normalized spacial score (nSPS) is 16.8. The molecule has 3 aromatic rings. The third kappa shape index (κ3) is 5.22. The van der Waals surface area contributed by atoms with Gasteiger partial charge in [-0.3, -0.25) is 18.9 Å². The van der Waals surface area contributed by atoms with Crippen LogP contribution in [0.2, 0.25) is 0 Å². The van der Waals surface area contributed by atoms with E-state index in [2.05, 4.69) is 30.0 Å². The zero-order chi connectivity index (χ0) is 25.9. The minimum Gasteiger partial charge on any atom is -0.351 e. The van der Waals surface area contributed by atoms with E-state index < -0.39 is 0 Å². The molecule has 0 unspecified atom stereocenters. The predicted molar refractivity (Wildman–Crippen MR) is 156 cm³/mol. The number of anilines is 1. The lowest BCUT2D eigenvalue weighted by molar-refractivity contribution is -0.122. The molecule has 2 aliphatic heterocycles. The van der Waals surface area contributed by atoms with Gasteiger partial charge in [0.15, 0.2) is 0 Å². The lowest BCUT2D eigenvalue weighted by atomic mass is 9.99. The number of carbonyl (C=O) groups excluding carboxylic acids is 1. The monoisotopic (exact) mass is 532 g/mol. The summed E-state index contributed by atoms with van der Waals surface area (Å²) in [5, 5.41) is 0. The lowest BCUT2D eigenvalue weighted by Crippen LogP contribution is -2.34. The molecule has 1 amide bonds. The first kappa shape index (κ1) is 25.7. The maximum Gasteiger partial charge on any atom is 0.267 e. The van der Waals surface area contributed by atoms with Gasteiger partial charge in [0.1, 0.15) is 15.8 Å². The van der Waals surface area contributed by atoms with Crippen molar-refractivity contribution < 1.29 is 4.79 Å². The third-order valence-corrected chi connectivity index (χ3v) is 8.51. The van der Waals surface area contributed by atoms with Crippen LogP contribution in [-0.4, -0.2) is 37.6 Å². The number of aromatic nitrogens is 2. The summed E-state index contributed by atoms with van der Waals surface area (Å²) >= 11 is 6.84. The summed E-state index contributed by atoms with van der Waals surface area (Å²) in [6.07, 6.45) is 9.91. The zero-order valence-electron chi connectivity index (χ0n) is 21.4. The summed E-state index contributed by atoms with van der Waals surface area (Å²) in [6.45, 7) is 6.20. The number of unbranched alkanes of at least 4 members (excludes halogenated alkanes) is 4. The molecule has 1 aromatic carbocycles. The van der Waals surface area contributed by atoms with Crippen molar-refractivity contribution in [2.24, 2.45) is 0 Å². The van der Waals surface area contributed by atoms with Crippen molar-refractivity contribution in [2.45, 2.75) is 58.9 Å². The second-order valence-electron chi connectivity index (χ2n) is 9.73. The molecular weight excluding hydrogens is 500 g/mol. The maximum atomic E-state index is 13.8. The molecule has 0 aliphatic carbocycles. The van der Waals surface area contributed by atoms with Crippen molar-refractivity contribution in [3.63, 3.8) is 0 Å². The Balaban J connectivity index is 1.52. The molecule has 0 atom stereocenters. The molecule has 2 aliphatic rings. The molecule has 2 aromatic heterocycles. The molecule has 1 saturated heterocycles. The Bertz CT molecular complexity index is 1450. The predicted octanol–water partition coefficient (Wildman–Crippen LogP) is 5.74. The fourth-order valence-corrected chi connectivity index (χ4v) is 6.33. The highest BCUT2D eigenvalue weighted by Crippen LogP contribution is 2.34. The Labute approximate surface area is 227 Å². The number of fused-ring (bicyclic) bond motifs is 2. The maximum absolute atomic E-state index is 13.8. The van der Waals surface area contributed by atoms with Crippen LogP contribution in [0.5, 0.6) is 0 Å². The summed E-state index contributed by atoms with van der Waals surface area (Å²) < 4.78 is 2.14. The van der Waals surface area contributed by atoms with Gasteiger partial charge in [0.25, 0.3) is 11.5 Å². The van der Waals surface area contributed by atoms with E-state index in [1.807, 2.05) is 25.1 Å². The van der Waals surface area contributed by atoms with E-state index in [1.165, 1.54) is 42.2 Å². The van der Waals surface area contributed by atoms with Gasteiger partial charge < -0.3 is 4.90 Å². The minimum atomic E-state index is -0.174. The molecule has 0 bridgehead atoms. The van der Waals surface area contributed by atoms with E-state index in [9.17, 15) is 9.59 Å². The topological polar surface area (TPSA) is 57.9 Å². The van der Waals surface area contributed by atoms with Gasteiger partial charge in [-0.25, -0.2) is 4.98 Å². The zero-order valence-corrected chi connectivity index (χ0v) is 23.0. The lowest BCUT2D eigenvalue weighted by Gasteiger charge is -2.31. The van der Waals surface area contributed by atoms with Gasteiger partial charge in [0.2, 0.25) is 0 Å². The highest BCUT2D eigenvalue weighted by molar-refractivity contribution is 8.26. The van der Waals surface area contributed by atoms with Gasteiger partial charge in [0, 0.05) is 25.8 Å². The van der Waals surface area contributed by atoms with E-state index in [4.69, 9.17) is 17.2 Å². The smallest absolute Gasteiger partial charge is 0.267 e. The molecule has 8 heteroatoms. The van der Waals surface area contributed by atoms with E-state index in [0.717, 1.165) is 31.4 Å². The number of thiocarbonyl (C=S) groups is 1. The first-order valence-corrected chi connectivity index (χ1v) is 14.3. The third-order valence-electron chi connectivity index (χ3n) is 7.13. The SMILES string of the molecule is CCCCCCCN1C(=O)C(=Cc2c(N3CCc4ccccc4C3)nc3c(C)cccn3c2=O)SC1=S. The molecule has 4 heterocycles. The second kappa shape index (κ2) is 11.2. The fraction of sp³-hybridized carbons (Fsp3) is 0.379. The van der Waals surface area contributed by atoms with Gasteiger partial charge >= 0.3 is 0 Å². The number of hydrogen-bond donors (Lipinski definition) is 0. The van der Waals surface area contributed by atoms with Crippen molar-refractivity contribution >= 4 is 51.7 Å². The van der Waals surface area contributed by atoms with Gasteiger partial charge in [-0.15, -0.1) is 0 Å². The Hall–Kier alpha value is -2.97. The number of pyridine rings is 1. The first-order chi connectivity index (χ1) is 18.0. The van der Waals surface area contributed by atoms with Crippen molar-refractivity contribution in [2.75, 3.05) is 18.0 Å². The number of amides is 1. The number of hydrogen-bond acceptors (Lipinski definition) is 6. The molecular formula is C29H32N4O2S2. The van der Waals surface area contributed by atoms with Crippen LogP contribution in [0.15, 0.2) is 52.3 Å². The number of nitrogens with zero attached hydrogens (tertiary/aromatic N) is 4. The van der Waals surface area contributed by atoms with Crippen molar-refractivity contribution in [1.82, 2.24) is 14.3 Å². The summed E-state index contributed by atoms with van der Waals surface area (Å²) in [6, 6.07) is 12.2. The first-order valence-electron chi connectivity index (χ1n) is 13.1. The number of rotatable bonds is 8. The molecule has 6 nitrogen and oxygen atoms in total. The summed E-state index contributed by atoms with van der Waals surface area (Å²) in [4.78, 5) is 36.5. The van der Waals surface area contributed by atoms with Crippen LogP contribution in [0, 0.1) is 6.92 Å². The van der Waals surface area contributed by atoms with Crippen LogP contribution in [0.1, 0.15) is 61.3 Å². The van der Waals surface area contributed by atoms with Crippen molar-refractivity contribution in [3.8, 4) is 0 Å². The molecule has 37 heavy (non-hydrogen) atoms. The van der Waals surface area contributed by atoms with Crippen LogP contribution >= 0.6 is 24.0 Å². The van der Waals surface area contributed by atoms with Crippen LogP contribution in [0.3, 0.4) is 0 Å². The quantitative estimate of drug-likeness (QED) is 0.210. The number of thioether (sulfide) groups is 1. The highest BCUT2D eigenvalue weighted by atomic mass is 32.2. The van der Waals surface area contributed by atoms with Gasteiger partial charge in [-0.05, 0) is 48.6 Å². The number of benzene rings is 1. The molecule has 0 saturated carbocycles. The summed E-state index contributed by atoms with van der Waals surface area (Å²) in [5.41, 5.74) is 4.39. The van der Waals surface area contributed by atoms with Crippen molar-refractivity contribution in [1.29, 1.82) is 0 Å². The molecule has 0 N–H and O–H groups in total. The molecule has 0 spiro atoms. The largest absolute Gasteiger partial charge is 0.351 e. The average Bonchev–Trinajstić information content (AvgIpc) is 3.17. The standard InChI is InChI=1S/C29H32N4O2S2/c1-3-4-5-6-9-15-33-28(35)24(37-29(33)36)18-23-26(30-25-20(2)11-10-16-32(25)27(23)34)31-17-14-21-12-7-8-13-22(21)19-31/h7-8,10-13,16,18H,3-6,9,14-15,17,19H2,1-2H3. The van der Waals surface area contributed by atoms with E-state index in [0.29, 0.717) is 39.3 Å². The molecule has 1 fully saturated rings. The number of carbonyl (C=O) groups is 1. The molecule has 192 valence electrons. The second-order valence-corrected chi connectivity index (χ2v) is 11.4. The Kier molecular flexibility index (Phi) is 7.76. The van der Waals surface area contributed by atoms with Crippen LogP contribution in [0.4, 0.5) is 5.82 Å². The van der Waals surface area contributed by atoms with E-state index in [-0.39, 0.29) is 11.5 Å². The Morgan fingerprint density at radius 3 is 2.65 bits per heavy atom. The van der Waals surface area contributed by atoms with Gasteiger partial charge in [0.05, 0.1) is 10.5 Å². The van der Waals surface area contributed by atoms with E-state index >= 15 is 0 Å². The van der Waals surface area contributed by atoms with Crippen LogP contribution in [0.25, 0.3) is 11.7 Å². The summed E-state index contributed by atoms with van der Waals surface area (Å²) in [5.74, 6) is 0.507. The summed E-state index contributed by atoms with van der Waals surface area (Å²) in [7, 11) is 0. The molecule has 0 radical (unpaired) electrons. The fourth-order valence-electron chi connectivity index (χ4n) is 5.04. The van der Waals surface area contributed by atoms with Gasteiger partial charge in [-0.1, -0.05) is 86.9 Å². The molecule has 5 rings (SSSR count). The minimum absolute atomic E-state index is 0.117. The van der Waals surface area contributed by atoms with Crippen LogP contribution in [-0.2, 0) is 17.8 Å². The van der Waals surface area contributed by atoms with E-state index in [1.54, 1.807) is 21.6 Å².